The molecule has 28 heavy (non-hydrogen) atoms. The number of nitrogens with zero attached hydrogens (tertiary/aromatic N) is 2. The number of rotatable bonds is 8. The lowest BCUT2D eigenvalue weighted by Gasteiger charge is -2.37. The Labute approximate surface area is 172 Å². The molecular weight excluding hydrogens is 376 g/mol. The van der Waals surface area contributed by atoms with E-state index in [1.54, 1.807) is 18.4 Å². The summed E-state index contributed by atoms with van der Waals surface area (Å²) in [7, 11) is 1.80. The summed E-state index contributed by atoms with van der Waals surface area (Å²) in [4.78, 5) is 8.26. The van der Waals surface area contributed by atoms with Gasteiger partial charge in [-0.2, -0.15) is 0 Å². The Morgan fingerprint density at radius 2 is 2.36 bits per heavy atom. The van der Waals surface area contributed by atoms with Crippen molar-refractivity contribution in [3.63, 3.8) is 0 Å². The lowest BCUT2D eigenvalue weighted by atomic mass is 9.84. The van der Waals surface area contributed by atoms with Gasteiger partial charge in [0.25, 0.3) is 0 Å². The van der Waals surface area contributed by atoms with Crippen LogP contribution in [0.1, 0.15) is 30.7 Å². The van der Waals surface area contributed by atoms with Crippen molar-refractivity contribution in [2.75, 3.05) is 59.7 Å². The third-order valence-electron chi connectivity index (χ3n) is 5.73. The third kappa shape index (κ3) is 5.67. The number of aliphatic hydroxyl groups is 1. The number of guanidine groups is 1. The number of aliphatic hydroxyl groups excluding tert-OH is 1. The highest BCUT2D eigenvalue weighted by Gasteiger charge is 2.34. The number of ether oxygens (including phenoxy) is 2. The fourth-order valence-electron chi connectivity index (χ4n) is 4.02. The number of thiophene rings is 1. The normalized spacial score (nSPS) is 27.7. The van der Waals surface area contributed by atoms with Crippen LogP contribution >= 0.6 is 11.3 Å². The molecule has 0 spiro atoms. The van der Waals surface area contributed by atoms with Crippen LogP contribution in [0.15, 0.2) is 22.5 Å². The second-order valence-electron chi connectivity index (χ2n) is 7.79. The van der Waals surface area contributed by atoms with Crippen LogP contribution in [0.3, 0.4) is 0 Å². The lowest BCUT2D eigenvalue weighted by molar-refractivity contribution is -0.0334. The Hall–Kier alpha value is -1.19. The van der Waals surface area contributed by atoms with E-state index in [1.807, 2.05) is 0 Å². The summed E-state index contributed by atoms with van der Waals surface area (Å²) in [6.07, 6.45) is 1.98. The van der Waals surface area contributed by atoms with Gasteiger partial charge in [-0.05, 0) is 31.2 Å². The zero-order valence-corrected chi connectivity index (χ0v) is 17.8. The molecule has 0 aliphatic carbocycles. The Kier molecular flexibility index (Phi) is 8.11. The van der Waals surface area contributed by atoms with Crippen molar-refractivity contribution in [2.24, 2.45) is 10.4 Å². The van der Waals surface area contributed by atoms with Crippen molar-refractivity contribution in [1.29, 1.82) is 0 Å². The summed E-state index contributed by atoms with van der Waals surface area (Å²) >= 11 is 1.80. The molecule has 158 valence electrons. The number of aliphatic imine (C=N–C) groups is 1. The van der Waals surface area contributed by atoms with E-state index < -0.39 is 0 Å². The van der Waals surface area contributed by atoms with Crippen LogP contribution in [0.5, 0.6) is 0 Å². The molecule has 2 saturated heterocycles. The number of nitrogens with one attached hydrogen (secondary N) is 2. The molecule has 1 aromatic heterocycles. The quantitative estimate of drug-likeness (QED) is 0.445. The molecule has 2 aliphatic heterocycles. The van der Waals surface area contributed by atoms with E-state index in [4.69, 9.17) is 9.47 Å². The molecule has 0 bridgehead atoms. The molecule has 3 rings (SSSR count). The van der Waals surface area contributed by atoms with Crippen molar-refractivity contribution in [3.8, 4) is 0 Å². The topological polar surface area (TPSA) is 78.4 Å². The summed E-state index contributed by atoms with van der Waals surface area (Å²) in [6, 6.07) is 4.62. The second-order valence-corrected chi connectivity index (χ2v) is 8.77. The Morgan fingerprint density at radius 3 is 3.00 bits per heavy atom. The molecule has 3 N–H and O–H groups in total. The van der Waals surface area contributed by atoms with Gasteiger partial charge in [0.1, 0.15) is 0 Å². The predicted octanol–water partition coefficient (Wildman–Crippen LogP) is 1.46. The molecule has 0 saturated carbocycles. The predicted molar refractivity (Wildman–Crippen MR) is 113 cm³/mol. The van der Waals surface area contributed by atoms with Crippen molar-refractivity contribution < 1.29 is 14.6 Å². The molecule has 2 fully saturated rings. The third-order valence-corrected chi connectivity index (χ3v) is 6.70. The van der Waals surface area contributed by atoms with Gasteiger partial charge in [0, 0.05) is 56.7 Å². The van der Waals surface area contributed by atoms with E-state index in [-0.39, 0.29) is 18.1 Å². The van der Waals surface area contributed by atoms with E-state index in [2.05, 4.69) is 45.0 Å². The second kappa shape index (κ2) is 10.5. The van der Waals surface area contributed by atoms with E-state index in [1.165, 1.54) is 4.88 Å². The van der Waals surface area contributed by atoms with Gasteiger partial charge in [0.2, 0.25) is 0 Å². The number of hydrogen-bond acceptors (Lipinski definition) is 6. The molecule has 0 aromatic carbocycles. The summed E-state index contributed by atoms with van der Waals surface area (Å²) in [5.41, 5.74) is -0.000829. The van der Waals surface area contributed by atoms with Crippen LogP contribution in [-0.4, -0.2) is 81.7 Å². The maximum absolute atomic E-state index is 9.42. The summed E-state index contributed by atoms with van der Waals surface area (Å²) < 4.78 is 11.3. The van der Waals surface area contributed by atoms with Crippen LogP contribution in [0, 0.1) is 5.41 Å². The van der Waals surface area contributed by atoms with E-state index >= 15 is 0 Å². The first-order valence-electron chi connectivity index (χ1n) is 10.2. The van der Waals surface area contributed by atoms with Gasteiger partial charge in [-0.25, -0.2) is 0 Å². The summed E-state index contributed by atoms with van der Waals surface area (Å²) in [6.45, 7) is 7.99. The molecule has 7 nitrogen and oxygen atoms in total. The van der Waals surface area contributed by atoms with Gasteiger partial charge in [0.05, 0.1) is 25.4 Å². The van der Waals surface area contributed by atoms with Crippen LogP contribution < -0.4 is 10.6 Å². The number of morpholine rings is 1. The molecule has 3 unspecified atom stereocenters. The zero-order chi connectivity index (χ0) is 19.8. The van der Waals surface area contributed by atoms with Crippen LogP contribution in [0.2, 0.25) is 0 Å². The van der Waals surface area contributed by atoms with Crippen molar-refractivity contribution in [2.45, 2.75) is 31.9 Å². The fourth-order valence-corrected chi connectivity index (χ4v) is 4.88. The molecule has 8 heteroatoms. The van der Waals surface area contributed by atoms with Crippen molar-refractivity contribution in [3.05, 3.63) is 22.4 Å². The average molecular weight is 411 g/mol. The maximum Gasteiger partial charge on any atom is 0.191 e. The first-order chi connectivity index (χ1) is 13.7. The number of hydrogen-bond donors (Lipinski definition) is 3. The SMILES string of the molecule is CN=C(NCC(c1cccs1)N1CCOC(C)C1)NCC1(CCO)CCOC1. The molecule has 3 atom stereocenters. The molecule has 2 aliphatic rings. The first-order valence-corrected chi connectivity index (χ1v) is 11.1. The van der Waals surface area contributed by atoms with Gasteiger partial charge < -0.3 is 25.2 Å². The molecule has 0 radical (unpaired) electrons. The fraction of sp³-hybridized carbons (Fsp3) is 0.750. The minimum Gasteiger partial charge on any atom is -0.396 e. The minimum absolute atomic E-state index is 0.000829. The standard InChI is InChI=1S/C20H34N4O3S/c1-16-13-24(7-10-27-16)17(18-4-3-11-28-18)12-22-19(21-2)23-14-20(5-8-25)6-9-26-15-20/h3-4,11,16-17,25H,5-10,12-15H2,1-2H3,(H2,21,22,23). The van der Waals surface area contributed by atoms with Gasteiger partial charge in [-0.1, -0.05) is 6.07 Å². The van der Waals surface area contributed by atoms with Crippen LogP contribution in [0.25, 0.3) is 0 Å². The first kappa shape index (κ1) is 21.5. The van der Waals surface area contributed by atoms with Crippen LogP contribution in [-0.2, 0) is 9.47 Å². The highest BCUT2D eigenvalue weighted by atomic mass is 32.1. The summed E-state index contributed by atoms with van der Waals surface area (Å²) in [5, 5.41) is 18.5. The molecule has 0 amide bonds. The average Bonchev–Trinajstić information content (AvgIpc) is 3.38. The van der Waals surface area contributed by atoms with E-state index in [0.29, 0.717) is 12.6 Å². The highest BCUT2D eigenvalue weighted by molar-refractivity contribution is 7.10. The Balaban J connectivity index is 1.58. The summed E-state index contributed by atoms with van der Waals surface area (Å²) in [5.74, 6) is 0.798. The monoisotopic (exact) mass is 410 g/mol. The van der Waals surface area contributed by atoms with E-state index in [9.17, 15) is 5.11 Å². The van der Waals surface area contributed by atoms with Gasteiger partial charge >= 0.3 is 0 Å². The van der Waals surface area contributed by atoms with Gasteiger partial charge in [-0.15, -0.1) is 11.3 Å². The van der Waals surface area contributed by atoms with Crippen LogP contribution in [0.4, 0.5) is 0 Å². The minimum atomic E-state index is -0.000829. The van der Waals surface area contributed by atoms with Crippen molar-refractivity contribution in [1.82, 2.24) is 15.5 Å². The van der Waals surface area contributed by atoms with Crippen molar-refractivity contribution >= 4 is 17.3 Å². The largest absolute Gasteiger partial charge is 0.396 e. The Bertz CT molecular complexity index is 605. The van der Waals surface area contributed by atoms with Gasteiger partial charge in [-0.3, -0.25) is 9.89 Å². The molecular formula is C20H34N4O3S. The Morgan fingerprint density at radius 1 is 1.46 bits per heavy atom. The highest BCUT2D eigenvalue weighted by Crippen LogP contribution is 2.31. The molecule has 3 heterocycles. The maximum atomic E-state index is 9.42. The van der Waals surface area contributed by atoms with Gasteiger partial charge in [0.15, 0.2) is 5.96 Å². The van der Waals surface area contributed by atoms with E-state index in [0.717, 1.165) is 58.2 Å². The molecule has 1 aromatic rings. The lowest BCUT2D eigenvalue weighted by Crippen LogP contribution is -2.49. The zero-order valence-electron chi connectivity index (χ0n) is 17.0. The smallest absolute Gasteiger partial charge is 0.191 e.